The largest absolute Gasteiger partial charge is 0.310 e. The van der Waals surface area contributed by atoms with Crippen LogP contribution in [0.4, 0.5) is 0 Å². The predicted octanol–water partition coefficient (Wildman–Crippen LogP) is 4.95. The highest BCUT2D eigenvalue weighted by Crippen LogP contribution is 2.25. The Labute approximate surface area is 123 Å². The summed E-state index contributed by atoms with van der Waals surface area (Å²) in [6.45, 7) is 6.87. The molecule has 1 nitrogen and oxygen atoms in total. The monoisotopic (exact) mass is 363 g/mol. The molecule has 1 unspecified atom stereocenters. The molecule has 1 aromatic carbocycles. The Balaban J connectivity index is 2.73. The number of hydrogen-bond donors (Lipinski definition) is 1. The van der Waals surface area contributed by atoms with E-state index in [1.165, 1.54) is 5.56 Å². The van der Waals surface area contributed by atoms with E-state index in [1.807, 2.05) is 6.08 Å². The maximum Gasteiger partial charge on any atom is 0.0542 e. The highest BCUT2D eigenvalue weighted by Gasteiger charge is 2.10. The van der Waals surface area contributed by atoms with E-state index in [1.54, 1.807) is 0 Å². The smallest absolute Gasteiger partial charge is 0.0542 e. The molecule has 1 rings (SSSR count). The van der Waals surface area contributed by atoms with Crippen LogP contribution in [0.3, 0.4) is 0 Å². The Bertz CT molecular complexity index is 365. The van der Waals surface area contributed by atoms with Crippen molar-refractivity contribution in [1.29, 1.82) is 0 Å². The fourth-order valence-electron chi connectivity index (χ4n) is 1.83. The van der Waals surface area contributed by atoms with Gasteiger partial charge in [-0.3, -0.25) is 0 Å². The summed E-state index contributed by atoms with van der Waals surface area (Å²) in [6, 6.07) is 6.71. The van der Waals surface area contributed by atoms with Crippen LogP contribution in [0.5, 0.6) is 0 Å². The third-order valence-corrected chi connectivity index (χ3v) is 4.27. The van der Waals surface area contributed by atoms with Gasteiger partial charge >= 0.3 is 0 Å². The van der Waals surface area contributed by atoms with E-state index in [2.05, 4.69) is 59.6 Å². The second-order valence-electron chi connectivity index (χ2n) is 4.00. The predicted molar refractivity (Wildman–Crippen MR) is 84.6 cm³/mol. The van der Waals surface area contributed by atoms with Crippen molar-refractivity contribution in [3.63, 3.8) is 0 Å². The second-order valence-corrected chi connectivity index (χ2v) is 5.57. The Morgan fingerprint density at radius 1 is 1.53 bits per heavy atom. The zero-order valence-corrected chi connectivity index (χ0v) is 13.1. The van der Waals surface area contributed by atoms with Gasteiger partial charge in [-0.05, 0) is 66.1 Å². The van der Waals surface area contributed by atoms with E-state index < -0.39 is 0 Å². The van der Waals surface area contributed by atoms with E-state index >= 15 is 0 Å². The summed E-state index contributed by atoms with van der Waals surface area (Å²) in [6.07, 6.45) is 5.32. The van der Waals surface area contributed by atoms with Crippen LogP contribution in [-0.4, -0.2) is 6.54 Å². The topological polar surface area (TPSA) is 12.0 Å². The number of rotatable bonds is 7. The van der Waals surface area contributed by atoms with Crippen molar-refractivity contribution in [3.8, 4) is 0 Å². The molecule has 0 aromatic heterocycles. The van der Waals surface area contributed by atoms with Crippen molar-refractivity contribution < 1.29 is 0 Å². The maximum atomic E-state index is 6.17. The summed E-state index contributed by atoms with van der Waals surface area (Å²) >= 11 is 8.42. The van der Waals surface area contributed by atoms with Gasteiger partial charge in [-0.1, -0.05) is 30.7 Å². The Morgan fingerprint density at radius 3 is 2.88 bits per heavy atom. The van der Waals surface area contributed by atoms with Crippen LogP contribution in [0.25, 0.3) is 0 Å². The summed E-state index contributed by atoms with van der Waals surface area (Å²) < 4.78 is 1.11. The molecule has 0 spiro atoms. The standard InChI is InChI=1S/C14H19ClIN/c1-3-5-6-7-14(17-4-2)11-8-9-13(16)12(15)10-11/h3,8-10,14,17H,1,4-7H2,2H3. The van der Waals surface area contributed by atoms with Gasteiger partial charge in [-0.2, -0.15) is 0 Å². The molecule has 17 heavy (non-hydrogen) atoms. The molecule has 0 fully saturated rings. The number of nitrogens with one attached hydrogen (secondary N) is 1. The lowest BCUT2D eigenvalue weighted by Crippen LogP contribution is -2.20. The van der Waals surface area contributed by atoms with Crippen LogP contribution in [0.1, 0.15) is 37.8 Å². The second kappa shape index (κ2) is 8.11. The number of allylic oxidation sites excluding steroid dienone is 1. The van der Waals surface area contributed by atoms with Crippen molar-refractivity contribution in [2.75, 3.05) is 6.54 Å². The normalized spacial score (nSPS) is 12.4. The first kappa shape index (κ1) is 15.0. The van der Waals surface area contributed by atoms with Gasteiger partial charge in [0.25, 0.3) is 0 Å². The molecule has 0 aliphatic heterocycles. The zero-order chi connectivity index (χ0) is 12.7. The van der Waals surface area contributed by atoms with Crippen LogP contribution >= 0.6 is 34.2 Å². The van der Waals surface area contributed by atoms with Crippen LogP contribution in [-0.2, 0) is 0 Å². The van der Waals surface area contributed by atoms with Crippen molar-refractivity contribution in [3.05, 3.63) is 45.0 Å². The van der Waals surface area contributed by atoms with Gasteiger partial charge < -0.3 is 5.32 Å². The van der Waals surface area contributed by atoms with E-state index in [0.29, 0.717) is 6.04 Å². The maximum absolute atomic E-state index is 6.17. The van der Waals surface area contributed by atoms with Gasteiger partial charge in [0.05, 0.1) is 5.02 Å². The van der Waals surface area contributed by atoms with Gasteiger partial charge in [-0.25, -0.2) is 0 Å². The fourth-order valence-corrected chi connectivity index (χ4v) is 2.35. The Morgan fingerprint density at radius 2 is 2.29 bits per heavy atom. The van der Waals surface area contributed by atoms with Crippen LogP contribution in [0.2, 0.25) is 5.02 Å². The van der Waals surface area contributed by atoms with E-state index in [4.69, 9.17) is 11.6 Å². The first-order chi connectivity index (χ1) is 8.19. The molecule has 3 heteroatoms. The molecule has 0 saturated heterocycles. The molecule has 0 saturated carbocycles. The van der Waals surface area contributed by atoms with Gasteiger partial charge in [0, 0.05) is 9.61 Å². The van der Waals surface area contributed by atoms with E-state index in [9.17, 15) is 0 Å². The molecule has 94 valence electrons. The molecule has 1 aromatic rings. The van der Waals surface area contributed by atoms with Crippen molar-refractivity contribution >= 4 is 34.2 Å². The van der Waals surface area contributed by atoms with Gasteiger partial charge in [0.1, 0.15) is 0 Å². The first-order valence-corrected chi connectivity index (χ1v) is 7.44. The van der Waals surface area contributed by atoms with E-state index in [-0.39, 0.29) is 0 Å². The summed E-state index contributed by atoms with van der Waals surface area (Å²) in [5.74, 6) is 0. The summed E-state index contributed by atoms with van der Waals surface area (Å²) in [5, 5.41) is 4.35. The highest BCUT2D eigenvalue weighted by molar-refractivity contribution is 14.1. The summed E-state index contributed by atoms with van der Waals surface area (Å²) in [4.78, 5) is 0. The molecular formula is C14H19ClIN. The third-order valence-electron chi connectivity index (χ3n) is 2.70. The molecular weight excluding hydrogens is 345 g/mol. The van der Waals surface area contributed by atoms with Crippen LogP contribution in [0.15, 0.2) is 30.9 Å². The summed E-state index contributed by atoms with van der Waals surface area (Å²) in [7, 11) is 0. The molecule has 0 bridgehead atoms. The highest BCUT2D eigenvalue weighted by atomic mass is 127. The average Bonchev–Trinajstić information content (AvgIpc) is 2.32. The minimum absolute atomic E-state index is 0.398. The Hall–Kier alpha value is -0.0600. The molecule has 0 aliphatic rings. The fraction of sp³-hybridized carbons (Fsp3) is 0.429. The molecule has 1 N–H and O–H groups in total. The van der Waals surface area contributed by atoms with E-state index in [0.717, 1.165) is 34.4 Å². The van der Waals surface area contributed by atoms with Crippen molar-refractivity contribution in [1.82, 2.24) is 5.32 Å². The SMILES string of the molecule is C=CCCCC(NCC)c1ccc(I)c(Cl)c1. The van der Waals surface area contributed by atoms with Crippen LogP contribution in [0, 0.1) is 3.57 Å². The van der Waals surface area contributed by atoms with Crippen LogP contribution < -0.4 is 5.32 Å². The minimum atomic E-state index is 0.398. The molecule has 0 amide bonds. The summed E-state index contributed by atoms with van der Waals surface area (Å²) in [5.41, 5.74) is 1.28. The lowest BCUT2D eigenvalue weighted by Gasteiger charge is -2.18. The van der Waals surface area contributed by atoms with Crippen molar-refractivity contribution in [2.45, 2.75) is 32.2 Å². The average molecular weight is 364 g/mol. The third kappa shape index (κ3) is 4.98. The number of hydrogen-bond acceptors (Lipinski definition) is 1. The molecule has 1 atom stereocenters. The Kier molecular flexibility index (Phi) is 7.16. The van der Waals surface area contributed by atoms with Gasteiger partial charge in [-0.15, -0.1) is 6.58 Å². The first-order valence-electron chi connectivity index (χ1n) is 5.98. The quantitative estimate of drug-likeness (QED) is 0.410. The number of benzene rings is 1. The molecule has 0 heterocycles. The van der Waals surface area contributed by atoms with Gasteiger partial charge in [0.2, 0.25) is 0 Å². The molecule has 0 aliphatic carbocycles. The van der Waals surface area contributed by atoms with Crippen molar-refractivity contribution in [2.24, 2.45) is 0 Å². The minimum Gasteiger partial charge on any atom is -0.310 e. The number of unbranched alkanes of at least 4 members (excludes halogenated alkanes) is 1. The number of halogens is 2. The lowest BCUT2D eigenvalue weighted by molar-refractivity contribution is 0.500. The lowest BCUT2D eigenvalue weighted by atomic mass is 10.0. The van der Waals surface area contributed by atoms with Gasteiger partial charge in [0.15, 0.2) is 0 Å². The zero-order valence-electron chi connectivity index (χ0n) is 10.2. The molecule has 0 radical (unpaired) electrons.